The molecular formula is C20H19BrN4O2. The summed E-state index contributed by atoms with van der Waals surface area (Å²) in [5.41, 5.74) is 2.92. The number of nitrogens with zero attached hydrogens (tertiary/aromatic N) is 2. The van der Waals surface area contributed by atoms with Gasteiger partial charge >= 0.3 is 6.03 Å². The Kier molecular flexibility index (Phi) is 4.70. The number of anilines is 2. The average molecular weight is 427 g/mol. The van der Waals surface area contributed by atoms with E-state index in [0.717, 1.165) is 35.1 Å². The predicted molar refractivity (Wildman–Crippen MR) is 110 cm³/mol. The van der Waals surface area contributed by atoms with E-state index in [1.807, 2.05) is 25.1 Å². The van der Waals surface area contributed by atoms with Gasteiger partial charge in [-0.15, -0.1) is 0 Å². The van der Waals surface area contributed by atoms with E-state index in [0.29, 0.717) is 28.8 Å². The fourth-order valence-corrected chi connectivity index (χ4v) is 3.58. The van der Waals surface area contributed by atoms with Crippen molar-refractivity contribution in [3.63, 3.8) is 0 Å². The molecule has 7 heteroatoms. The van der Waals surface area contributed by atoms with E-state index in [-0.39, 0.29) is 11.6 Å². The maximum Gasteiger partial charge on any atom is 0.323 e. The van der Waals surface area contributed by atoms with Crippen molar-refractivity contribution in [1.82, 2.24) is 9.55 Å². The molecule has 0 spiro atoms. The minimum Gasteiger partial charge on any atom is -0.308 e. The van der Waals surface area contributed by atoms with Crippen LogP contribution >= 0.6 is 15.9 Å². The molecule has 3 aromatic rings. The van der Waals surface area contributed by atoms with Crippen LogP contribution < -0.4 is 16.2 Å². The molecule has 27 heavy (non-hydrogen) atoms. The molecule has 0 aliphatic carbocycles. The average Bonchev–Trinajstić information content (AvgIpc) is 2.65. The van der Waals surface area contributed by atoms with Gasteiger partial charge in [-0.05, 0) is 61.7 Å². The molecule has 0 unspecified atom stereocenters. The Bertz CT molecular complexity index is 1110. The van der Waals surface area contributed by atoms with Gasteiger partial charge in [0.1, 0.15) is 5.82 Å². The summed E-state index contributed by atoms with van der Waals surface area (Å²) < 4.78 is 2.74. The highest BCUT2D eigenvalue weighted by atomic mass is 79.9. The molecule has 1 aliphatic heterocycles. The molecule has 2 amide bonds. The highest BCUT2D eigenvalue weighted by molar-refractivity contribution is 9.10. The van der Waals surface area contributed by atoms with E-state index >= 15 is 0 Å². The first kappa shape index (κ1) is 17.7. The maximum absolute atomic E-state index is 12.8. The first-order valence-electron chi connectivity index (χ1n) is 8.89. The van der Waals surface area contributed by atoms with Gasteiger partial charge < -0.3 is 10.6 Å². The Labute approximate surface area is 164 Å². The number of hydrogen-bond acceptors (Lipinski definition) is 3. The highest BCUT2D eigenvalue weighted by Gasteiger charge is 2.15. The summed E-state index contributed by atoms with van der Waals surface area (Å²) >= 11 is 3.44. The summed E-state index contributed by atoms with van der Waals surface area (Å²) in [5.74, 6) is 0.850. The number of nitrogens with one attached hydrogen (secondary N) is 2. The molecule has 6 nitrogen and oxygen atoms in total. The van der Waals surface area contributed by atoms with Crippen LogP contribution in [0.1, 0.15) is 24.2 Å². The molecular weight excluding hydrogens is 408 g/mol. The Morgan fingerprint density at radius 2 is 1.85 bits per heavy atom. The lowest BCUT2D eigenvalue weighted by Crippen LogP contribution is -2.28. The lowest BCUT2D eigenvalue weighted by atomic mass is 10.1. The number of carbonyl (C=O) groups is 1. The highest BCUT2D eigenvalue weighted by Crippen LogP contribution is 2.21. The number of amides is 2. The number of halogens is 1. The SMILES string of the molecule is Cc1cc(NC(=O)Nc2ccc3nc4n(c(=O)c3c2)CCCC4)ccc1Br. The number of benzene rings is 2. The molecule has 1 aliphatic rings. The monoisotopic (exact) mass is 426 g/mol. The summed E-state index contributed by atoms with van der Waals surface area (Å²) in [6.45, 7) is 2.66. The van der Waals surface area contributed by atoms with Gasteiger partial charge in [0.2, 0.25) is 0 Å². The zero-order valence-corrected chi connectivity index (χ0v) is 16.5. The van der Waals surface area contributed by atoms with Crippen LogP contribution in [0, 0.1) is 6.92 Å². The summed E-state index contributed by atoms with van der Waals surface area (Å²) in [7, 11) is 0. The fourth-order valence-electron chi connectivity index (χ4n) is 3.33. The van der Waals surface area contributed by atoms with Gasteiger partial charge in [-0.1, -0.05) is 15.9 Å². The normalized spacial score (nSPS) is 13.3. The Balaban J connectivity index is 1.58. The molecule has 0 fully saturated rings. The van der Waals surface area contributed by atoms with Crippen LogP contribution in [0.25, 0.3) is 10.9 Å². The predicted octanol–water partition coefficient (Wildman–Crippen LogP) is 4.45. The van der Waals surface area contributed by atoms with Crippen LogP contribution in [0.15, 0.2) is 45.7 Å². The second-order valence-corrected chi connectivity index (χ2v) is 7.57. The maximum atomic E-state index is 12.8. The summed E-state index contributed by atoms with van der Waals surface area (Å²) in [6, 6.07) is 10.5. The van der Waals surface area contributed by atoms with Crippen molar-refractivity contribution < 1.29 is 4.79 Å². The zero-order valence-electron chi connectivity index (χ0n) is 14.9. The topological polar surface area (TPSA) is 76.0 Å². The Morgan fingerprint density at radius 1 is 1.11 bits per heavy atom. The molecule has 2 heterocycles. The summed E-state index contributed by atoms with van der Waals surface area (Å²) in [5, 5.41) is 6.11. The molecule has 0 atom stereocenters. The first-order valence-corrected chi connectivity index (χ1v) is 9.68. The molecule has 138 valence electrons. The third kappa shape index (κ3) is 3.60. The zero-order chi connectivity index (χ0) is 19.0. The van der Waals surface area contributed by atoms with Gasteiger partial charge in [0, 0.05) is 28.8 Å². The largest absolute Gasteiger partial charge is 0.323 e. The molecule has 1 aromatic heterocycles. The van der Waals surface area contributed by atoms with Gasteiger partial charge in [0.05, 0.1) is 10.9 Å². The van der Waals surface area contributed by atoms with Crippen molar-refractivity contribution in [2.24, 2.45) is 0 Å². The van der Waals surface area contributed by atoms with Crippen molar-refractivity contribution in [3.8, 4) is 0 Å². The first-order chi connectivity index (χ1) is 13.0. The summed E-state index contributed by atoms with van der Waals surface area (Å²) in [4.78, 5) is 29.7. The van der Waals surface area contributed by atoms with Crippen LogP contribution in [0.5, 0.6) is 0 Å². The van der Waals surface area contributed by atoms with E-state index in [2.05, 4.69) is 31.5 Å². The molecule has 2 N–H and O–H groups in total. The second kappa shape index (κ2) is 7.15. The number of aromatic nitrogens is 2. The van der Waals surface area contributed by atoms with Crippen LogP contribution in [0.2, 0.25) is 0 Å². The van der Waals surface area contributed by atoms with Gasteiger partial charge in [-0.3, -0.25) is 9.36 Å². The third-order valence-electron chi connectivity index (χ3n) is 4.74. The Hall–Kier alpha value is -2.67. The quantitative estimate of drug-likeness (QED) is 0.635. The van der Waals surface area contributed by atoms with Gasteiger partial charge in [-0.25, -0.2) is 9.78 Å². The second-order valence-electron chi connectivity index (χ2n) is 6.72. The van der Waals surface area contributed by atoms with Gasteiger partial charge in [-0.2, -0.15) is 0 Å². The van der Waals surface area contributed by atoms with Gasteiger partial charge in [0.15, 0.2) is 0 Å². The van der Waals surface area contributed by atoms with Crippen LogP contribution in [0.4, 0.5) is 16.2 Å². The van der Waals surface area contributed by atoms with Crippen molar-refractivity contribution in [2.45, 2.75) is 32.7 Å². The third-order valence-corrected chi connectivity index (χ3v) is 5.63. The molecule has 2 aromatic carbocycles. The van der Waals surface area contributed by atoms with Crippen molar-refractivity contribution in [3.05, 3.63) is 62.6 Å². The number of urea groups is 1. The van der Waals surface area contributed by atoms with E-state index < -0.39 is 0 Å². The number of hydrogen-bond donors (Lipinski definition) is 2. The van der Waals surface area contributed by atoms with Crippen LogP contribution in [0.3, 0.4) is 0 Å². The van der Waals surface area contributed by atoms with Crippen molar-refractivity contribution >= 4 is 44.2 Å². The van der Waals surface area contributed by atoms with E-state index in [9.17, 15) is 9.59 Å². The molecule has 0 radical (unpaired) electrons. The lowest BCUT2D eigenvalue weighted by Gasteiger charge is -2.18. The number of aryl methyl sites for hydroxylation is 2. The van der Waals surface area contributed by atoms with Crippen LogP contribution in [-0.4, -0.2) is 15.6 Å². The summed E-state index contributed by atoms with van der Waals surface area (Å²) in [6.07, 6.45) is 2.89. The molecule has 0 saturated heterocycles. The molecule has 0 bridgehead atoms. The van der Waals surface area contributed by atoms with Crippen molar-refractivity contribution in [1.29, 1.82) is 0 Å². The molecule has 0 saturated carbocycles. The van der Waals surface area contributed by atoms with E-state index in [1.54, 1.807) is 22.8 Å². The number of rotatable bonds is 2. The lowest BCUT2D eigenvalue weighted by molar-refractivity contribution is 0.262. The minimum absolute atomic E-state index is 0.0395. The minimum atomic E-state index is -0.359. The standard InChI is InChI=1S/C20H19BrN4O2/c1-12-10-13(5-7-16(12)21)22-20(27)23-14-6-8-17-15(11-14)19(26)25-9-3-2-4-18(25)24-17/h5-8,10-11H,2-4,9H2,1H3,(H2,22,23,27). The molecule has 4 rings (SSSR count). The smallest absolute Gasteiger partial charge is 0.308 e. The Morgan fingerprint density at radius 3 is 2.63 bits per heavy atom. The fraction of sp³-hybridized carbons (Fsp3) is 0.250. The van der Waals surface area contributed by atoms with Gasteiger partial charge in [0.25, 0.3) is 5.56 Å². The van der Waals surface area contributed by atoms with Crippen LogP contribution in [-0.2, 0) is 13.0 Å². The van der Waals surface area contributed by atoms with E-state index in [1.165, 1.54) is 0 Å². The number of carbonyl (C=O) groups excluding carboxylic acids is 1. The van der Waals surface area contributed by atoms with Crippen molar-refractivity contribution in [2.75, 3.05) is 10.6 Å². The van der Waals surface area contributed by atoms with E-state index in [4.69, 9.17) is 0 Å². The number of fused-ring (bicyclic) bond motifs is 2.